The van der Waals surface area contributed by atoms with Gasteiger partial charge in [0.25, 0.3) is 0 Å². The molecule has 2 N–H and O–H groups in total. The van der Waals surface area contributed by atoms with E-state index in [0.717, 1.165) is 25.3 Å². The standard InChI is InChI=1S/C16H24N2O3/c1-3-21-16(19)11-18-9-13(8-14(17)10-18)12-4-6-15(20-2)7-5-12/h4-7,13-14H,3,8-11,17H2,1-2H3. The molecular formula is C16H24N2O3. The van der Waals surface area contributed by atoms with E-state index < -0.39 is 0 Å². The molecule has 0 aromatic heterocycles. The van der Waals surface area contributed by atoms with Crippen LogP contribution in [0.2, 0.25) is 0 Å². The molecular weight excluding hydrogens is 268 g/mol. The number of rotatable bonds is 5. The predicted molar refractivity (Wildman–Crippen MR) is 81.4 cm³/mol. The van der Waals surface area contributed by atoms with Gasteiger partial charge in [-0.05, 0) is 37.0 Å². The lowest BCUT2D eigenvalue weighted by Crippen LogP contribution is -2.48. The molecule has 2 rings (SSSR count). The highest BCUT2D eigenvalue weighted by Gasteiger charge is 2.27. The van der Waals surface area contributed by atoms with E-state index in [2.05, 4.69) is 17.0 Å². The Labute approximate surface area is 126 Å². The molecule has 0 aliphatic carbocycles. The third-order valence-electron chi connectivity index (χ3n) is 3.80. The molecule has 0 bridgehead atoms. The molecule has 1 saturated heterocycles. The molecule has 1 fully saturated rings. The van der Waals surface area contributed by atoms with Crippen molar-refractivity contribution in [1.82, 2.24) is 4.90 Å². The molecule has 0 saturated carbocycles. The van der Waals surface area contributed by atoms with Gasteiger partial charge in [0.2, 0.25) is 0 Å². The summed E-state index contributed by atoms with van der Waals surface area (Å²) < 4.78 is 10.2. The van der Waals surface area contributed by atoms with Crippen LogP contribution in [0, 0.1) is 0 Å². The van der Waals surface area contributed by atoms with E-state index in [-0.39, 0.29) is 12.0 Å². The van der Waals surface area contributed by atoms with Crippen LogP contribution >= 0.6 is 0 Å². The van der Waals surface area contributed by atoms with Crippen LogP contribution in [0.1, 0.15) is 24.8 Å². The van der Waals surface area contributed by atoms with Gasteiger partial charge in [-0.15, -0.1) is 0 Å². The molecule has 1 aliphatic heterocycles. The maximum absolute atomic E-state index is 11.6. The summed E-state index contributed by atoms with van der Waals surface area (Å²) in [5, 5.41) is 0. The van der Waals surface area contributed by atoms with Gasteiger partial charge in [0.1, 0.15) is 5.75 Å². The van der Waals surface area contributed by atoms with Crippen molar-refractivity contribution in [3.05, 3.63) is 29.8 Å². The number of likely N-dealkylation sites (tertiary alicyclic amines) is 1. The van der Waals surface area contributed by atoms with Crippen molar-refractivity contribution < 1.29 is 14.3 Å². The van der Waals surface area contributed by atoms with Crippen molar-refractivity contribution >= 4 is 5.97 Å². The zero-order valence-corrected chi connectivity index (χ0v) is 12.7. The lowest BCUT2D eigenvalue weighted by molar-refractivity contribution is -0.144. The summed E-state index contributed by atoms with van der Waals surface area (Å²) in [5.74, 6) is 1.01. The first-order chi connectivity index (χ1) is 10.1. The minimum Gasteiger partial charge on any atom is -0.497 e. The third kappa shape index (κ3) is 4.44. The van der Waals surface area contributed by atoms with Crippen molar-refractivity contribution in [3.63, 3.8) is 0 Å². The summed E-state index contributed by atoms with van der Waals surface area (Å²) >= 11 is 0. The Morgan fingerprint density at radius 3 is 2.67 bits per heavy atom. The molecule has 116 valence electrons. The largest absolute Gasteiger partial charge is 0.497 e. The van der Waals surface area contributed by atoms with E-state index in [9.17, 15) is 4.79 Å². The second kappa shape index (κ2) is 7.43. The first-order valence-corrected chi connectivity index (χ1v) is 7.40. The predicted octanol–water partition coefficient (Wildman–Crippen LogP) is 1.37. The quantitative estimate of drug-likeness (QED) is 0.831. The van der Waals surface area contributed by atoms with Crippen LogP contribution in [0.5, 0.6) is 5.75 Å². The first kappa shape index (κ1) is 15.8. The number of carbonyl (C=O) groups excluding carboxylic acids is 1. The summed E-state index contributed by atoms with van der Waals surface area (Å²) in [6.45, 7) is 4.12. The SMILES string of the molecule is CCOC(=O)CN1CC(N)CC(c2ccc(OC)cc2)C1. The maximum Gasteiger partial charge on any atom is 0.320 e. The van der Waals surface area contributed by atoms with Crippen LogP contribution in [0.15, 0.2) is 24.3 Å². The Bertz CT molecular complexity index is 461. The molecule has 21 heavy (non-hydrogen) atoms. The number of esters is 1. The number of nitrogens with two attached hydrogens (primary N) is 1. The fraction of sp³-hybridized carbons (Fsp3) is 0.562. The van der Waals surface area contributed by atoms with Crippen molar-refractivity contribution in [3.8, 4) is 5.75 Å². The van der Waals surface area contributed by atoms with Crippen LogP contribution in [0.3, 0.4) is 0 Å². The summed E-state index contributed by atoms with van der Waals surface area (Å²) in [6.07, 6.45) is 0.936. The molecule has 1 heterocycles. The Balaban J connectivity index is 2.00. The lowest BCUT2D eigenvalue weighted by Gasteiger charge is -2.36. The molecule has 1 aliphatic rings. The number of benzene rings is 1. The number of methoxy groups -OCH3 is 1. The van der Waals surface area contributed by atoms with E-state index in [0.29, 0.717) is 19.1 Å². The van der Waals surface area contributed by atoms with Gasteiger partial charge >= 0.3 is 5.97 Å². The molecule has 1 aromatic carbocycles. The highest BCUT2D eigenvalue weighted by molar-refractivity contribution is 5.71. The van der Waals surface area contributed by atoms with Gasteiger partial charge in [0, 0.05) is 19.1 Å². The zero-order chi connectivity index (χ0) is 15.2. The number of hydrogen-bond acceptors (Lipinski definition) is 5. The Morgan fingerprint density at radius 1 is 1.33 bits per heavy atom. The summed E-state index contributed by atoms with van der Waals surface area (Å²) in [6, 6.07) is 8.16. The molecule has 0 radical (unpaired) electrons. The lowest BCUT2D eigenvalue weighted by atomic mass is 9.88. The van der Waals surface area contributed by atoms with Crippen LogP contribution in [-0.2, 0) is 9.53 Å². The number of hydrogen-bond donors (Lipinski definition) is 1. The number of nitrogens with zero attached hydrogens (tertiary/aromatic N) is 1. The average Bonchev–Trinajstić information content (AvgIpc) is 2.47. The topological polar surface area (TPSA) is 64.8 Å². The molecule has 2 unspecified atom stereocenters. The number of piperidine rings is 1. The zero-order valence-electron chi connectivity index (χ0n) is 12.7. The second-order valence-corrected chi connectivity index (χ2v) is 5.46. The molecule has 0 spiro atoms. The van der Waals surface area contributed by atoms with Gasteiger partial charge in [-0.3, -0.25) is 9.69 Å². The average molecular weight is 292 g/mol. The molecule has 5 heteroatoms. The van der Waals surface area contributed by atoms with Gasteiger partial charge in [0.15, 0.2) is 0 Å². The van der Waals surface area contributed by atoms with E-state index in [1.54, 1.807) is 7.11 Å². The normalized spacial score (nSPS) is 22.8. The summed E-state index contributed by atoms with van der Waals surface area (Å²) in [4.78, 5) is 13.7. The van der Waals surface area contributed by atoms with Gasteiger partial charge in [-0.2, -0.15) is 0 Å². The van der Waals surface area contributed by atoms with Crippen molar-refractivity contribution in [2.45, 2.75) is 25.3 Å². The fourth-order valence-electron chi connectivity index (χ4n) is 2.87. The minimum atomic E-state index is -0.180. The third-order valence-corrected chi connectivity index (χ3v) is 3.80. The Morgan fingerprint density at radius 2 is 2.05 bits per heavy atom. The fourth-order valence-corrected chi connectivity index (χ4v) is 2.87. The monoisotopic (exact) mass is 292 g/mol. The van der Waals surface area contributed by atoms with Crippen molar-refractivity contribution in [2.75, 3.05) is 33.4 Å². The summed E-state index contributed by atoms with van der Waals surface area (Å²) in [7, 11) is 1.66. The smallest absolute Gasteiger partial charge is 0.320 e. The molecule has 2 atom stereocenters. The number of carbonyl (C=O) groups is 1. The summed E-state index contributed by atoms with van der Waals surface area (Å²) in [5.41, 5.74) is 7.38. The van der Waals surface area contributed by atoms with E-state index in [4.69, 9.17) is 15.2 Å². The second-order valence-electron chi connectivity index (χ2n) is 5.46. The van der Waals surface area contributed by atoms with E-state index in [1.807, 2.05) is 19.1 Å². The maximum atomic E-state index is 11.6. The van der Waals surface area contributed by atoms with Gasteiger partial charge < -0.3 is 15.2 Å². The van der Waals surface area contributed by atoms with Crippen molar-refractivity contribution in [2.24, 2.45) is 5.73 Å². The van der Waals surface area contributed by atoms with Crippen LogP contribution in [0.25, 0.3) is 0 Å². The van der Waals surface area contributed by atoms with Crippen LogP contribution in [-0.4, -0.2) is 50.3 Å². The molecule has 0 amide bonds. The molecule has 1 aromatic rings. The highest BCUT2D eigenvalue weighted by atomic mass is 16.5. The number of ether oxygens (including phenoxy) is 2. The molecule has 5 nitrogen and oxygen atoms in total. The Hall–Kier alpha value is -1.59. The van der Waals surface area contributed by atoms with Gasteiger partial charge in [0.05, 0.1) is 20.3 Å². The van der Waals surface area contributed by atoms with Gasteiger partial charge in [-0.25, -0.2) is 0 Å². The Kier molecular flexibility index (Phi) is 5.59. The first-order valence-electron chi connectivity index (χ1n) is 7.40. The highest BCUT2D eigenvalue weighted by Crippen LogP contribution is 2.27. The van der Waals surface area contributed by atoms with Gasteiger partial charge in [-0.1, -0.05) is 12.1 Å². The van der Waals surface area contributed by atoms with Crippen LogP contribution < -0.4 is 10.5 Å². The minimum absolute atomic E-state index is 0.0836. The van der Waals surface area contributed by atoms with Crippen LogP contribution in [0.4, 0.5) is 0 Å². The van der Waals surface area contributed by atoms with Crippen molar-refractivity contribution in [1.29, 1.82) is 0 Å². The van der Waals surface area contributed by atoms with E-state index in [1.165, 1.54) is 5.56 Å². The van der Waals surface area contributed by atoms with E-state index >= 15 is 0 Å².